The molecule has 2 rings (SSSR count). The number of benzene rings is 1. The van der Waals surface area contributed by atoms with E-state index in [-0.39, 0.29) is 17.4 Å². The summed E-state index contributed by atoms with van der Waals surface area (Å²) in [7, 11) is 1.41. The highest BCUT2D eigenvalue weighted by molar-refractivity contribution is 5.88. The number of nitrogens with zero attached hydrogens (tertiary/aromatic N) is 2. The summed E-state index contributed by atoms with van der Waals surface area (Å²) in [4.78, 5) is 17.9. The van der Waals surface area contributed by atoms with Gasteiger partial charge >= 0.3 is 5.69 Å². The van der Waals surface area contributed by atoms with Crippen LogP contribution in [0.5, 0.6) is 5.75 Å². The number of nitrogens with one attached hydrogen (secondary N) is 1. The molecule has 0 radical (unpaired) electrons. The van der Waals surface area contributed by atoms with Gasteiger partial charge in [-0.2, -0.15) is 0 Å². The van der Waals surface area contributed by atoms with Gasteiger partial charge < -0.3 is 9.72 Å². The Kier molecular flexibility index (Phi) is 2.71. The van der Waals surface area contributed by atoms with Crippen molar-refractivity contribution in [3.63, 3.8) is 0 Å². The summed E-state index contributed by atoms with van der Waals surface area (Å²) in [6, 6.07) is 3.31. The molecule has 0 fully saturated rings. The van der Waals surface area contributed by atoms with Gasteiger partial charge in [0.2, 0.25) is 0 Å². The number of rotatable bonds is 3. The number of aromatic amines is 1. The van der Waals surface area contributed by atoms with Gasteiger partial charge in [-0.3, -0.25) is 10.1 Å². The minimum Gasteiger partial charge on any atom is -0.490 e. The maximum absolute atomic E-state index is 11.0. The van der Waals surface area contributed by atoms with Crippen LogP contribution in [0.1, 0.15) is 25.6 Å². The molecule has 17 heavy (non-hydrogen) atoms. The highest BCUT2D eigenvalue weighted by Crippen LogP contribution is 2.34. The molecule has 1 heterocycles. The Morgan fingerprint density at radius 1 is 1.47 bits per heavy atom. The number of methoxy groups -OCH3 is 1. The standard InChI is InChI=1S/C11H13N3O3/c1-6(2)11-12-7-4-5-8(17-3)10(14(15)16)9(7)13-11/h4-6H,1-3H3,(H,12,13). The first-order valence-corrected chi connectivity index (χ1v) is 5.25. The van der Waals surface area contributed by atoms with Gasteiger partial charge in [-0.15, -0.1) is 0 Å². The van der Waals surface area contributed by atoms with Crippen LogP contribution in [-0.2, 0) is 0 Å². The molecule has 90 valence electrons. The predicted molar refractivity (Wildman–Crippen MR) is 63.4 cm³/mol. The first kappa shape index (κ1) is 11.4. The van der Waals surface area contributed by atoms with E-state index in [4.69, 9.17) is 4.74 Å². The minimum atomic E-state index is -0.466. The van der Waals surface area contributed by atoms with E-state index in [1.54, 1.807) is 12.1 Å². The maximum atomic E-state index is 11.0. The average Bonchev–Trinajstić information content (AvgIpc) is 2.70. The summed E-state index contributed by atoms with van der Waals surface area (Å²) in [6.45, 7) is 3.95. The summed E-state index contributed by atoms with van der Waals surface area (Å²) in [5.41, 5.74) is 0.910. The van der Waals surface area contributed by atoms with Crippen molar-refractivity contribution in [3.05, 3.63) is 28.1 Å². The SMILES string of the molecule is COc1ccc2[nH]c(C(C)C)nc2c1[N+](=O)[O-]. The molecule has 0 atom stereocenters. The van der Waals surface area contributed by atoms with Crippen LogP contribution in [0.15, 0.2) is 12.1 Å². The molecule has 0 saturated carbocycles. The minimum absolute atomic E-state index is 0.0897. The number of hydrogen-bond acceptors (Lipinski definition) is 4. The zero-order chi connectivity index (χ0) is 12.6. The van der Waals surface area contributed by atoms with Crippen LogP contribution in [0.2, 0.25) is 0 Å². The first-order valence-electron chi connectivity index (χ1n) is 5.25. The van der Waals surface area contributed by atoms with Crippen molar-refractivity contribution < 1.29 is 9.66 Å². The monoisotopic (exact) mass is 235 g/mol. The van der Waals surface area contributed by atoms with Crippen LogP contribution >= 0.6 is 0 Å². The molecule has 0 amide bonds. The van der Waals surface area contributed by atoms with E-state index in [0.29, 0.717) is 11.0 Å². The molecule has 6 heteroatoms. The van der Waals surface area contributed by atoms with E-state index in [1.807, 2.05) is 13.8 Å². The summed E-state index contributed by atoms with van der Waals surface area (Å²) < 4.78 is 4.99. The summed E-state index contributed by atoms with van der Waals surface area (Å²) in [5.74, 6) is 1.15. The van der Waals surface area contributed by atoms with E-state index in [0.717, 1.165) is 5.82 Å². The van der Waals surface area contributed by atoms with Crippen molar-refractivity contribution in [2.45, 2.75) is 19.8 Å². The Morgan fingerprint density at radius 2 is 2.18 bits per heavy atom. The summed E-state index contributed by atoms with van der Waals surface area (Å²) in [6.07, 6.45) is 0. The van der Waals surface area contributed by atoms with Gasteiger partial charge in [0, 0.05) is 5.92 Å². The predicted octanol–water partition coefficient (Wildman–Crippen LogP) is 2.60. The van der Waals surface area contributed by atoms with E-state index < -0.39 is 4.92 Å². The van der Waals surface area contributed by atoms with Crippen molar-refractivity contribution in [1.82, 2.24) is 9.97 Å². The lowest BCUT2D eigenvalue weighted by atomic mass is 10.2. The fourth-order valence-electron chi connectivity index (χ4n) is 1.68. The van der Waals surface area contributed by atoms with E-state index >= 15 is 0 Å². The molecule has 1 aromatic heterocycles. The first-order chi connectivity index (χ1) is 8.04. The smallest absolute Gasteiger partial charge is 0.338 e. The van der Waals surface area contributed by atoms with Crippen molar-refractivity contribution in [2.75, 3.05) is 7.11 Å². The zero-order valence-electron chi connectivity index (χ0n) is 9.85. The van der Waals surface area contributed by atoms with E-state index in [2.05, 4.69) is 9.97 Å². The number of nitro benzene ring substituents is 1. The van der Waals surface area contributed by atoms with E-state index in [1.165, 1.54) is 7.11 Å². The Hall–Kier alpha value is -2.11. The van der Waals surface area contributed by atoms with Crippen molar-refractivity contribution >= 4 is 16.7 Å². The van der Waals surface area contributed by atoms with Crippen LogP contribution in [0.4, 0.5) is 5.69 Å². The number of hydrogen-bond donors (Lipinski definition) is 1. The zero-order valence-corrected chi connectivity index (χ0v) is 9.85. The largest absolute Gasteiger partial charge is 0.490 e. The molecule has 0 saturated heterocycles. The average molecular weight is 235 g/mol. The van der Waals surface area contributed by atoms with Gasteiger partial charge in [0.05, 0.1) is 17.5 Å². The second kappa shape index (κ2) is 4.04. The fourth-order valence-corrected chi connectivity index (χ4v) is 1.68. The van der Waals surface area contributed by atoms with Crippen LogP contribution in [0.25, 0.3) is 11.0 Å². The lowest BCUT2D eigenvalue weighted by Crippen LogP contribution is -1.94. The Labute approximate surface area is 97.8 Å². The quantitative estimate of drug-likeness (QED) is 0.654. The molecule has 0 spiro atoms. The Bertz CT molecular complexity index is 575. The maximum Gasteiger partial charge on any atom is 0.338 e. The molecular weight excluding hydrogens is 222 g/mol. The molecule has 6 nitrogen and oxygen atoms in total. The molecule has 0 aliphatic heterocycles. The van der Waals surface area contributed by atoms with Gasteiger partial charge in [0.15, 0.2) is 11.3 Å². The second-order valence-electron chi connectivity index (χ2n) is 4.05. The third-order valence-electron chi connectivity index (χ3n) is 2.56. The normalized spacial score (nSPS) is 11.1. The molecule has 1 aromatic carbocycles. The molecule has 0 bridgehead atoms. The number of imidazole rings is 1. The third kappa shape index (κ3) is 1.82. The van der Waals surface area contributed by atoms with Gasteiger partial charge in [-0.1, -0.05) is 13.8 Å². The number of aromatic nitrogens is 2. The third-order valence-corrected chi connectivity index (χ3v) is 2.56. The lowest BCUT2D eigenvalue weighted by molar-refractivity contribution is -0.384. The molecule has 2 aromatic rings. The molecule has 0 aliphatic carbocycles. The topological polar surface area (TPSA) is 81.0 Å². The number of H-pyrrole nitrogens is 1. The summed E-state index contributed by atoms with van der Waals surface area (Å²) >= 11 is 0. The summed E-state index contributed by atoms with van der Waals surface area (Å²) in [5, 5.41) is 11.0. The fraction of sp³-hybridized carbons (Fsp3) is 0.364. The Morgan fingerprint density at radius 3 is 2.71 bits per heavy atom. The number of fused-ring (bicyclic) bond motifs is 1. The Balaban J connectivity index is 2.75. The van der Waals surface area contributed by atoms with Gasteiger partial charge in [-0.05, 0) is 12.1 Å². The van der Waals surface area contributed by atoms with Crippen LogP contribution in [0.3, 0.4) is 0 Å². The molecular formula is C11H13N3O3. The molecule has 0 aliphatic rings. The second-order valence-corrected chi connectivity index (χ2v) is 4.05. The van der Waals surface area contributed by atoms with Crippen molar-refractivity contribution in [2.24, 2.45) is 0 Å². The van der Waals surface area contributed by atoms with E-state index in [9.17, 15) is 10.1 Å². The number of ether oxygens (including phenoxy) is 1. The van der Waals surface area contributed by atoms with Gasteiger partial charge in [0.1, 0.15) is 5.82 Å². The van der Waals surface area contributed by atoms with Crippen molar-refractivity contribution in [1.29, 1.82) is 0 Å². The van der Waals surface area contributed by atoms with Gasteiger partial charge in [0.25, 0.3) is 0 Å². The van der Waals surface area contributed by atoms with Crippen LogP contribution in [-0.4, -0.2) is 22.0 Å². The van der Waals surface area contributed by atoms with Crippen LogP contribution in [0, 0.1) is 10.1 Å². The van der Waals surface area contributed by atoms with Crippen molar-refractivity contribution in [3.8, 4) is 5.75 Å². The lowest BCUT2D eigenvalue weighted by Gasteiger charge is -2.00. The number of nitro groups is 1. The highest BCUT2D eigenvalue weighted by Gasteiger charge is 2.22. The molecule has 0 unspecified atom stereocenters. The van der Waals surface area contributed by atoms with Crippen LogP contribution < -0.4 is 4.74 Å². The van der Waals surface area contributed by atoms with Gasteiger partial charge in [-0.25, -0.2) is 4.98 Å². The molecule has 1 N–H and O–H groups in total. The highest BCUT2D eigenvalue weighted by atomic mass is 16.6.